The summed E-state index contributed by atoms with van der Waals surface area (Å²) in [5.74, 6) is 0.453. The lowest BCUT2D eigenvalue weighted by Crippen LogP contribution is -2.12. The number of anilines is 1. The highest BCUT2D eigenvalue weighted by molar-refractivity contribution is 6.10. The Kier molecular flexibility index (Phi) is 5.31. The van der Waals surface area contributed by atoms with Gasteiger partial charge in [0.25, 0.3) is 0 Å². The van der Waals surface area contributed by atoms with Crippen LogP contribution in [0, 0.1) is 17.2 Å². The Morgan fingerprint density at radius 3 is 2.97 bits per heavy atom. The van der Waals surface area contributed by atoms with Crippen LogP contribution in [0.2, 0.25) is 0 Å². The fourth-order valence-corrected chi connectivity index (χ4v) is 3.45. The number of hydrogen-bond acceptors (Lipinski definition) is 5. The zero-order chi connectivity index (χ0) is 21.1. The molecule has 3 aromatic rings. The summed E-state index contributed by atoms with van der Waals surface area (Å²) in [6.07, 6.45) is 9.52. The summed E-state index contributed by atoms with van der Waals surface area (Å²) < 4.78 is 0. The van der Waals surface area contributed by atoms with Crippen LogP contribution in [0.3, 0.4) is 0 Å². The lowest BCUT2D eigenvalue weighted by atomic mass is 10.0. The number of nitrogens with one attached hydrogen (secondary N) is 2. The molecule has 30 heavy (non-hydrogen) atoms. The molecule has 1 aliphatic rings. The number of nitrogens with two attached hydrogens (primary N) is 1. The van der Waals surface area contributed by atoms with Gasteiger partial charge in [0, 0.05) is 60.4 Å². The largest absolute Gasteiger partial charge is 0.404 e. The number of benzene rings is 1. The van der Waals surface area contributed by atoms with Crippen molar-refractivity contribution >= 4 is 34.4 Å². The van der Waals surface area contributed by atoms with Crippen LogP contribution in [0.4, 0.5) is 5.69 Å². The number of allylic oxidation sites excluding steroid dienone is 1. The highest BCUT2D eigenvalue weighted by Crippen LogP contribution is 2.34. The third-order valence-corrected chi connectivity index (χ3v) is 5.21. The first-order valence-electron chi connectivity index (χ1n) is 9.79. The quantitative estimate of drug-likeness (QED) is 0.546. The molecule has 1 aromatic carbocycles. The van der Waals surface area contributed by atoms with Crippen molar-refractivity contribution in [3.8, 4) is 17.2 Å². The predicted octanol–water partition coefficient (Wildman–Crippen LogP) is 3.84. The van der Waals surface area contributed by atoms with E-state index >= 15 is 0 Å². The molecule has 7 heteroatoms. The Balaban J connectivity index is 1.69. The van der Waals surface area contributed by atoms with Crippen LogP contribution in [0.1, 0.15) is 30.4 Å². The van der Waals surface area contributed by atoms with Gasteiger partial charge in [-0.15, -0.1) is 0 Å². The molecule has 2 heterocycles. The number of nitrogens with zero attached hydrogens (tertiary/aromatic N) is 3. The second kappa shape index (κ2) is 8.21. The van der Waals surface area contributed by atoms with Crippen molar-refractivity contribution in [2.45, 2.75) is 19.3 Å². The zero-order valence-corrected chi connectivity index (χ0v) is 16.6. The second-order valence-corrected chi connectivity index (χ2v) is 7.40. The molecule has 0 unspecified atom stereocenters. The number of pyridine rings is 1. The Hall–Kier alpha value is -3.92. The lowest BCUT2D eigenvalue weighted by molar-refractivity contribution is -0.116. The minimum atomic E-state index is -0.0404. The molecule has 4 N–H and O–H groups in total. The van der Waals surface area contributed by atoms with E-state index < -0.39 is 0 Å². The smallest absolute Gasteiger partial charge is 0.224 e. The summed E-state index contributed by atoms with van der Waals surface area (Å²) in [6, 6.07) is 9.65. The number of carbonyl (C=O) groups excluding carboxylic acids is 1. The number of amides is 1. The summed E-state index contributed by atoms with van der Waals surface area (Å²) in [4.78, 5) is 23.8. The molecule has 150 valence electrons. The number of aromatic nitrogens is 2. The molecule has 7 nitrogen and oxygen atoms in total. The minimum Gasteiger partial charge on any atom is -0.404 e. The Morgan fingerprint density at radius 2 is 2.27 bits per heavy atom. The van der Waals surface area contributed by atoms with Gasteiger partial charge in [-0.3, -0.25) is 9.79 Å². The third kappa shape index (κ3) is 3.94. The van der Waals surface area contributed by atoms with Crippen LogP contribution in [-0.2, 0) is 4.79 Å². The first-order valence-corrected chi connectivity index (χ1v) is 9.79. The molecule has 4 rings (SSSR count). The number of aromatic amines is 1. The van der Waals surface area contributed by atoms with Gasteiger partial charge >= 0.3 is 0 Å². The van der Waals surface area contributed by atoms with Gasteiger partial charge in [-0.05, 0) is 42.5 Å². The van der Waals surface area contributed by atoms with Crippen molar-refractivity contribution < 1.29 is 4.79 Å². The van der Waals surface area contributed by atoms with Crippen molar-refractivity contribution in [3.63, 3.8) is 0 Å². The normalized spacial score (nSPS) is 14.2. The SMILES string of the molecule is CN=C/C(=C\N)c1cnc2[nH]cc(-c3ccc(NC(=O)CC4CC4)c(C#N)c3)c2c1. The lowest BCUT2D eigenvalue weighted by Gasteiger charge is -2.09. The maximum atomic E-state index is 12.1. The monoisotopic (exact) mass is 398 g/mol. The third-order valence-electron chi connectivity index (χ3n) is 5.21. The highest BCUT2D eigenvalue weighted by atomic mass is 16.1. The molecule has 1 saturated carbocycles. The fraction of sp³-hybridized carbons (Fsp3) is 0.217. The van der Waals surface area contributed by atoms with E-state index in [1.54, 1.807) is 31.6 Å². The Morgan fingerprint density at radius 1 is 1.43 bits per heavy atom. The number of fused-ring (bicyclic) bond motifs is 1. The van der Waals surface area contributed by atoms with Crippen LogP contribution in [0.25, 0.3) is 27.7 Å². The summed E-state index contributed by atoms with van der Waals surface area (Å²) in [6.45, 7) is 0. The van der Waals surface area contributed by atoms with E-state index in [4.69, 9.17) is 5.73 Å². The predicted molar refractivity (Wildman–Crippen MR) is 119 cm³/mol. The Labute approximate surface area is 174 Å². The molecule has 0 radical (unpaired) electrons. The van der Waals surface area contributed by atoms with Crippen molar-refractivity contribution in [3.05, 3.63) is 54.0 Å². The van der Waals surface area contributed by atoms with Gasteiger partial charge in [-0.25, -0.2) is 4.98 Å². The molecule has 0 bridgehead atoms. The number of hydrogen-bond donors (Lipinski definition) is 3. The average molecular weight is 398 g/mol. The molecule has 1 aliphatic carbocycles. The Bertz CT molecular complexity index is 1210. The molecule has 0 aliphatic heterocycles. The minimum absolute atomic E-state index is 0.0404. The standard InChI is InChI=1S/C23H22N6O/c1-26-11-18(10-25)17-8-19-20(13-28-23(19)27-12-17)15-4-5-21(16(7-15)9-24)29-22(30)6-14-2-3-14/h4-5,7-8,10-14H,2-3,6,25H2,1H3,(H,27,28)(H,29,30)/b18-10+,26-11?. The average Bonchev–Trinajstić information content (AvgIpc) is 3.47. The molecule has 1 fully saturated rings. The first-order chi connectivity index (χ1) is 14.6. The fourth-order valence-electron chi connectivity index (χ4n) is 3.45. The second-order valence-electron chi connectivity index (χ2n) is 7.40. The summed E-state index contributed by atoms with van der Waals surface area (Å²) in [5, 5.41) is 13.4. The van der Waals surface area contributed by atoms with Crippen LogP contribution in [0.5, 0.6) is 0 Å². The van der Waals surface area contributed by atoms with E-state index in [9.17, 15) is 10.1 Å². The first kappa shape index (κ1) is 19.4. The van der Waals surface area contributed by atoms with Gasteiger partial charge in [0.1, 0.15) is 11.7 Å². The summed E-state index contributed by atoms with van der Waals surface area (Å²) >= 11 is 0. The number of H-pyrrole nitrogens is 1. The highest BCUT2D eigenvalue weighted by Gasteiger charge is 2.24. The maximum Gasteiger partial charge on any atom is 0.224 e. The number of carbonyl (C=O) groups is 1. The van der Waals surface area contributed by atoms with E-state index in [2.05, 4.69) is 26.3 Å². The number of aliphatic imine (C=N–C) groups is 1. The van der Waals surface area contributed by atoms with Gasteiger partial charge in [-0.1, -0.05) is 6.07 Å². The zero-order valence-electron chi connectivity index (χ0n) is 16.6. The van der Waals surface area contributed by atoms with Gasteiger partial charge in [-0.2, -0.15) is 5.26 Å². The van der Waals surface area contributed by atoms with Crippen molar-refractivity contribution in [2.75, 3.05) is 12.4 Å². The summed E-state index contributed by atoms with van der Waals surface area (Å²) in [5.41, 5.74) is 10.8. The van der Waals surface area contributed by atoms with E-state index in [0.29, 0.717) is 23.6 Å². The van der Waals surface area contributed by atoms with E-state index in [1.165, 1.54) is 6.20 Å². The van der Waals surface area contributed by atoms with Crippen LogP contribution in [0.15, 0.2) is 47.9 Å². The molecule has 0 atom stereocenters. The van der Waals surface area contributed by atoms with Gasteiger partial charge in [0.05, 0.1) is 11.3 Å². The topological polar surface area (TPSA) is 120 Å². The maximum absolute atomic E-state index is 12.1. The van der Waals surface area contributed by atoms with Crippen molar-refractivity contribution in [2.24, 2.45) is 16.6 Å². The summed E-state index contributed by atoms with van der Waals surface area (Å²) in [7, 11) is 1.69. The van der Waals surface area contributed by atoms with Crippen molar-refractivity contribution in [1.29, 1.82) is 5.26 Å². The van der Waals surface area contributed by atoms with Gasteiger partial charge in [0.2, 0.25) is 5.91 Å². The van der Waals surface area contributed by atoms with Crippen LogP contribution >= 0.6 is 0 Å². The van der Waals surface area contributed by atoms with E-state index in [-0.39, 0.29) is 5.91 Å². The van der Waals surface area contributed by atoms with E-state index in [1.807, 2.05) is 18.3 Å². The molecular formula is C23H22N6O. The van der Waals surface area contributed by atoms with E-state index in [0.717, 1.165) is 46.1 Å². The molecule has 0 spiro atoms. The van der Waals surface area contributed by atoms with Crippen LogP contribution < -0.4 is 11.1 Å². The van der Waals surface area contributed by atoms with Gasteiger partial charge in [0.15, 0.2) is 0 Å². The molecule has 0 saturated heterocycles. The van der Waals surface area contributed by atoms with Crippen LogP contribution in [-0.4, -0.2) is 29.1 Å². The van der Waals surface area contributed by atoms with Gasteiger partial charge < -0.3 is 16.0 Å². The van der Waals surface area contributed by atoms with Crippen molar-refractivity contribution in [1.82, 2.24) is 9.97 Å². The number of nitriles is 1. The molecular weight excluding hydrogens is 376 g/mol. The number of rotatable bonds is 6. The molecule has 1 amide bonds. The molecule has 2 aromatic heterocycles.